The van der Waals surface area contributed by atoms with Gasteiger partial charge in [-0.1, -0.05) is 17.7 Å². The Morgan fingerprint density at radius 3 is 2.50 bits per heavy atom. The highest BCUT2D eigenvalue weighted by molar-refractivity contribution is 6.33. The van der Waals surface area contributed by atoms with E-state index in [2.05, 4.69) is 34.3 Å². The van der Waals surface area contributed by atoms with Crippen molar-refractivity contribution in [2.45, 2.75) is 20.0 Å². The highest BCUT2D eigenvalue weighted by Gasteiger charge is 2.10. The van der Waals surface area contributed by atoms with Crippen LogP contribution < -0.4 is 10.2 Å². The molecule has 0 saturated heterocycles. The molecule has 0 radical (unpaired) electrons. The van der Waals surface area contributed by atoms with E-state index in [4.69, 9.17) is 11.6 Å². The average molecular weight is 290 g/mol. The molecule has 0 bridgehead atoms. The molecule has 0 amide bonds. The van der Waals surface area contributed by atoms with Crippen molar-refractivity contribution in [1.29, 1.82) is 0 Å². The number of hydrogen-bond acceptors (Lipinski definition) is 3. The van der Waals surface area contributed by atoms with Crippen LogP contribution in [0.3, 0.4) is 0 Å². The number of benzene rings is 1. The lowest BCUT2D eigenvalue weighted by Crippen LogP contribution is -2.22. The van der Waals surface area contributed by atoms with E-state index in [-0.39, 0.29) is 0 Å². The Labute approximate surface area is 125 Å². The van der Waals surface area contributed by atoms with E-state index in [0.29, 0.717) is 0 Å². The Kier molecular flexibility index (Phi) is 5.39. The van der Waals surface area contributed by atoms with Crippen LogP contribution in [0.25, 0.3) is 0 Å². The van der Waals surface area contributed by atoms with Gasteiger partial charge in [-0.25, -0.2) is 0 Å². The normalized spacial score (nSPS) is 10.6. The highest BCUT2D eigenvalue weighted by Crippen LogP contribution is 2.28. The highest BCUT2D eigenvalue weighted by atomic mass is 35.5. The van der Waals surface area contributed by atoms with Crippen molar-refractivity contribution in [3.63, 3.8) is 0 Å². The van der Waals surface area contributed by atoms with Crippen molar-refractivity contribution in [3.05, 3.63) is 58.9 Å². The molecule has 1 aromatic carbocycles. The van der Waals surface area contributed by atoms with Gasteiger partial charge in [0, 0.05) is 32.0 Å². The zero-order chi connectivity index (χ0) is 14.4. The average Bonchev–Trinajstić information content (AvgIpc) is 2.47. The van der Waals surface area contributed by atoms with Crippen LogP contribution in [0.15, 0.2) is 42.7 Å². The minimum atomic E-state index is 0.800. The largest absolute Gasteiger partial charge is 0.366 e. The van der Waals surface area contributed by atoms with E-state index in [1.807, 2.05) is 37.6 Å². The number of nitrogens with zero attached hydrogens (tertiary/aromatic N) is 2. The molecule has 106 valence electrons. The summed E-state index contributed by atoms with van der Waals surface area (Å²) >= 11 is 6.42. The van der Waals surface area contributed by atoms with Crippen LogP contribution in [0.4, 0.5) is 5.69 Å². The number of nitrogens with one attached hydrogen (secondary N) is 1. The molecular formula is C16H20ClN3. The summed E-state index contributed by atoms with van der Waals surface area (Å²) in [7, 11) is 1.93. The van der Waals surface area contributed by atoms with Crippen LogP contribution in [0, 0.1) is 0 Å². The van der Waals surface area contributed by atoms with E-state index < -0.39 is 0 Å². The van der Waals surface area contributed by atoms with Crippen molar-refractivity contribution < 1.29 is 0 Å². The summed E-state index contributed by atoms with van der Waals surface area (Å²) in [5.41, 5.74) is 3.50. The minimum Gasteiger partial charge on any atom is -0.366 e. The summed E-state index contributed by atoms with van der Waals surface area (Å²) in [4.78, 5) is 6.31. The summed E-state index contributed by atoms with van der Waals surface area (Å²) in [5, 5.41) is 3.93. The first kappa shape index (κ1) is 14.8. The number of halogens is 1. The second kappa shape index (κ2) is 7.27. The number of anilines is 1. The molecule has 1 heterocycles. The van der Waals surface area contributed by atoms with Gasteiger partial charge >= 0.3 is 0 Å². The topological polar surface area (TPSA) is 28.2 Å². The van der Waals surface area contributed by atoms with Crippen LogP contribution in [-0.4, -0.2) is 18.6 Å². The van der Waals surface area contributed by atoms with E-state index in [9.17, 15) is 0 Å². The maximum absolute atomic E-state index is 6.42. The third-order valence-electron chi connectivity index (χ3n) is 3.24. The predicted octanol–water partition coefficient (Wildman–Crippen LogP) is 3.48. The van der Waals surface area contributed by atoms with Gasteiger partial charge in [0.05, 0.1) is 10.7 Å². The number of aromatic nitrogens is 1. The first-order valence-electron chi connectivity index (χ1n) is 6.81. The summed E-state index contributed by atoms with van der Waals surface area (Å²) < 4.78 is 0. The van der Waals surface area contributed by atoms with Crippen LogP contribution in [0.1, 0.15) is 18.1 Å². The molecule has 0 aliphatic heterocycles. The Morgan fingerprint density at radius 1 is 1.15 bits per heavy atom. The molecule has 20 heavy (non-hydrogen) atoms. The van der Waals surface area contributed by atoms with Gasteiger partial charge in [-0.15, -0.1) is 0 Å². The second-order valence-electron chi connectivity index (χ2n) is 4.69. The Balaban J connectivity index is 2.19. The lowest BCUT2D eigenvalue weighted by molar-refractivity contribution is 0.812. The fourth-order valence-electron chi connectivity index (χ4n) is 2.20. The van der Waals surface area contributed by atoms with Crippen molar-refractivity contribution >= 4 is 17.3 Å². The molecule has 0 saturated carbocycles. The third-order valence-corrected chi connectivity index (χ3v) is 3.54. The minimum absolute atomic E-state index is 0.800. The van der Waals surface area contributed by atoms with Gasteiger partial charge in [-0.3, -0.25) is 4.98 Å². The predicted molar refractivity (Wildman–Crippen MR) is 85.2 cm³/mol. The summed E-state index contributed by atoms with van der Waals surface area (Å²) in [6, 6.07) is 10.3. The zero-order valence-corrected chi connectivity index (χ0v) is 12.7. The first-order chi connectivity index (χ1) is 9.74. The molecule has 0 spiro atoms. The molecule has 1 aromatic heterocycles. The lowest BCUT2D eigenvalue weighted by Gasteiger charge is -2.24. The van der Waals surface area contributed by atoms with Gasteiger partial charge in [0.25, 0.3) is 0 Å². The molecule has 3 nitrogen and oxygen atoms in total. The molecular weight excluding hydrogens is 270 g/mol. The standard InChI is InChI=1S/C16H20ClN3/c1-3-20(12-13-6-8-19-9-7-13)16-5-4-14(11-18-2)10-15(16)17/h4-10,18H,3,11-12H2,1-2H3. The van der Waals surface area contributed by atoms with Gasteiger partial charge in [0.1, 0.15) is 0 Å². The Hall–Kier alpha value is -1.58. The van der Waals surface area contributed by atoms with Crippen LogP contribution in [0.2, 0.25) is 5.02 Å². The van der Waals surface area contributed by atoms with E-state index in [1.54, 1.807) is 0 Å². The van der Waals surface area contributed by atoms with Crippen molar-refractivity contribution in [2.24, 2.45) is 0 Å². The van der Waals surface area contributed by atoms with Crippen LogP contribution in [-0.2, 0) is 13.1 Å². The van der Waals surface area contributed by atoms with E-state index >= 15 is 0 Å². The number of pyridine rings is 1. The Bertz CT molecular complexity index is 543. The monoisotopic (exact) mass is 289 g/mol. The molecule has 0 unspecified atom stereocenters. The molecule has 0 atom stereocenters. The molecule has 0 aliphatic rings. The van der Waals surface area contributed by atoms with Gasteiger partial charge < -0.3 is 10.2 Å². The molecule has 1 N–H and O–H groups in total. The maximum atomic E-state index is 6.42. The summed E-state index contributed by atoms with van der Waals surface area (Å²) in [5.74, 6) is 0. The second-order valence-corrected chi connectivity index (χ2v) is 5.09. The zero-order valence-electron chi connectivity index (χ0n) is 11.9. The molecule has 2 aromatic rings. The van der Waals surface area contributed by atoms with Crippen LogP contribution >= 0.6 is 11.6 Å². The Morgan fingerprint density at radius 2 is 1.90 bits per heavy atom. The van der Waals surface area contributed by atoms with Crippen molar-refractivity contribution in [2.75, 3.05) is 18.5 Å². The fraction of sp³-hybridized carbons (Fsp3) is 0.312. The fourth-order valence-corrected chi connectivity index (χ4v) is 2.52. The smallest absolute Gasteiger partial charge is 0.0642 e. The van der Waals surface area contributed by atoms with Gasteiger partial charge in [0.2, 0.25) is 0 Å². The molecule has 0 aliphatic carbocycles. The van der Waals surface area contributed by atoms with Gasteiger partial charge in [-0.2, -0.15) is 0 Å². The van der Waals surface area contributed by atoms with E-state index in [1.165, 1.54) is 11.1 Å². The summed E-state index contributed by atoms with van der Waals surface area (Å²) in [6.07, 6.45) is 3.64. The van der Waals surface area contributed by atoms with E-state index in [0.717, 1.165) is 30.3 Å². The lowest BCUT2D eigenvalue weighted by atomic mass is 10.1. The number of hydrogen-bond donors (Lipinski definition) is 1. The van der Waals surface area contributed by atoms with Crippen molar-refractivity contribution in [3.8, 4) is 0 Å². The number of rotatable bonds is 6. The first-order valence-corrected chi connectivity index (χ1v) is 7.19. The molecule has 2 rings (SSSR count). The molecule has 0 fully saturated rings. The quantitative estimate of drug-likeness (QED) is 0.882. The van der Waals surface area contributed by atoms with Crippen molar-refractivity contribution in [1.82, 2.24) is 10.3 Å². The maximum Gasteiger partial charge on any atom is 0.0642 e. The summed E-state index contributed by atoms with van der Waals surface area (Å²) in [6.45, 7) is 4.72. The van der Waals surface area contributed by atoms with Gasteiger partial charge in [0.15, 0.2) is 0 Å². The van der Waals surface area contributed by atoms with Crippen LogP contribution in [0.5, 0.6) is 0 Å². The third kappa shape index (κ3) is 3.71. The molecule has 4 heteroatoms. The van der Waals surface area contributed by atoms with Gasteiger partial charge in [-0.05, 0) is 49.4 Å². The SMILES string of the molecule is CCN(Cc1ccncc1)c1ccc(CNC)cc1Cl.